The molecule has 2 aliphatic rings. The van der Waals surface area contributed by atoms with Gasteiger partial charge in [0, 0.05) is 31.6 Å². The molecule has 0 radical (unpaired) electrons. The lowest BCUT2D eigenvalue weighted by molar-refractivity contribution is -0.115. The Labute approximate surface area is 185 Å². The van der Waals surface area contributed by atoms with Crippen molar-refractivity contribution in [2.24, 2.45) is 4.99 Å². The van der Waals surface area contributed by atoms with Gasteiger partial charge in [-0.05, 0) is 38.3 Å². The number of hydrogen-bond donors (Lipinski definition) is 3. The van der Waals surface area contributed by atoms with Gasteiger partial charge in [0.2, 0.25) is 0 Å². The van der Waals surface area contributed by atoms with Crippen LogP contribution in [0.3, 0.4) is 0 Å². The standard InChI is InChI=1S/C20H28ClN5O3S/c1-4-7-22-15-10-26(20-23-11(3)16(30-20)19(28)29)8-6-13(15)25-18(27)14-9-12(5-2)17(21)24-14/h13,15,22H,4-10H2,1-3H3,(H,25,27)(H,28,29)/t13-,15-/m1/s1. The summed E-state index contributed by atoms with van der Waals surface area (Å²) in [6.45, 7) is 7.98. The van der Waals surface area contributed by atoms with Crippen LogP contribution >= 0.6 is 22.9 Å². The Bertz CT molecular complexity index is 882. The van der Waals surface area contributed by atoms with Crippen molar-refractivity contribution in [1.29, 1.82) is 0 Å². The van der Waals surface area contributed by atoms with Gasteiger partial charge in [0.05, 0.1) is 5.69 Å². The maximum atomic E-state index is 12.8. The van der Waals surface area contributed by atoms with Crippen molar-refractivity contribution in [3.63, 3.8) is 0 Å². The summed E-state index contributed by atoms with van der Waals surface area (Å²) in [7, 11) is 0. The number of carboxylic acids is 1. The summed E-state index contributed by atoms with van der Waals surface area (Å²) in [6, 6.07) is -0.0244. The third-order valence-electron chi connectivity index (χ3n) is 5.43. The number of nitrogens with zero attached hydrogens (tertiary/aromatic N) is 3. The van der Waals surface area contributed by atoms with E-state index in [1.54, 1.807) is 6.92 Å². The number of aromatic nitrogens is 1. The minimum Gasteiger partial charge on any atom is -0.477 e. The summed E-state index contributed by atoms with van der Waals surface area (Å²) in [4.78, 5) is 35.2. The highest BCUT2D eigenvalue weighted by Crippen LogP contribution is 2.29. The van der Waals surface area contributed by atoms with E-state index >= 15 is 0 Å². The summed E-state index contributed by atoms with van der Waals surface area (Å²) in [6.07, 6.45) is 2.99. The SMILES string of the molecule is CCCN[C@@H]1CN(c2nc(C)c(C(=O)O)s2)CC[C@H]1NC(=O)C1=NC(Cl)=C(CC)C1. The lowest BCUT2D eigenvalue weighted by Crippen LogP contribution is -2.60. The lowest BCUT2D eigenvalue weighted by Gasteiger charge is -2.39. The van der Waals surface area contributed by atoms with Gasteiger partial charge >= 0.3 is 5.97 Å². The number of aliphatic imine (C=N–C) groups is 1. The number of allylic oxidation sites excluding steroid dienone is 1. The van der Waals surface area contributed by atoms with Crippen LogP contribution in [0, 0.1) is 6.92 Å². The second kappa shape index (κ2) is 9.89. The molecule has 0 saturated carbocycles. The van der Waals surface area contributed by atoms with Crippen LogP contribution in [0.1, 0.15) is 54.9 Å². The molecule has 164 valence electrons. The highest BCUT2D eigenvalue weighted by atomic mass is 35.5. The van der Waals surface area contributed by atoms with E-state index in [-0.39, 0.29) is 22.9 Å². The molecule has 2 atom stereocenters. The molecule has 1 amide bonds. The number of rotatable bonds is 8. The van der Waals surface area contributed by atoms with E-state index in [2.05, 4.69) is 32.4 Å². The van der Waals surface area contributed by atoms with E-state index in [1.807, 2.05) is 6.92 Å². The van der Waals surface area contributed by atoms with Gasteiger partial charge in [0.25, 0.3) is 5.91 Å². The number of piperidine rings is 1. The van der Waals surface area contributed by atoms with Crippen LogP contribution in [0.5, 0.6) is 0 Å². The van der Waals surface area contributed by atoms with Gasteiger partial charge in [-0.15, -0.1) is 0 Å². The number of aromatic carboxylic acids is 1. The summed E-state index contributed by atoms with van der Waals surface area (Å²) in [5, 5.41) is 17.1. The molecule has 0 aromatic carbocycles. The maximum absolute atomic E-state index is 12.8. The first-order valence-electron chi connectivity index (χ1n) is 10.3. The topological polar surface area (TPSA) is 107 Å². The number of carbonyl (C=O) groups excluding carboxylic acids is 1. The number of amides is 1. The molecule has 30 heavy (non-hydrogen) atoms. The molecule has 1 aromatic heterocycles. The monoisotopic (exact) mass is 453 g/mol. The minimum absolute atomic E-state index is 0.0243. The van der Waals surface area contributed by atoms with Crippen LogP contribution in [-0.4, -0.2) is 59.4 Å². The van der Waals surface area contributed by atoms with Crippen LogP contribution in [-0.2, 0) is 4.79 Å². The summed E-state index contributed by atoms with van der Waals surface area (Å²) in [5.41, 5.74) is 1.99. The fourth-order valence-electron chi connectivity index (χ4n) is 3.72. The molecule has 0 bridgehead atoms. The number of carboxylic acid groups (broad SMARTS) is 1. The zero-order chi connectivity index (χ0) is 21.8. The number of nitrogens with one attached hydrogen (secondary N) is 2. The maximum Gasteiger partial charge on any atom is 0.347 e. The fourth-order valence-corrected chi connectivity index (χ4v) is 4.96. The molecule has 1 saturated heterocycles. The van der Waals surface area contributed by atoms with Crippen LogP contribution < -0.4 is 15.5 Å². The number of halogens is 1. The molecule has 3 rings (SSSR count). The van der Waals surface area contributed by atoms with Crippen LogP contribution in [0.25, 0.3) is 0 Å². The molecule has 8 nitrogen and oxygen atoms in total. The van der Waals surface area contributed by atoms with Gasteiger partial charge in [-0.1, -0.05) is 36.8 Å². The van der Waals surface area contributed by atoms with E-state index in [4.69, 9.17) is 11.6 Å². The van der Waals surface area contributed by atoms with Crippen LogP contribution in [0.4, 0.5) is 5.13 Å². The lowest BCUT2D eigenvalue weighted by atomic mass is 9.98. The molecule has 0 unspecified atom stereocenters. The minimum atomic E-state index is -0.949. The largest absolute Gasteiger partial charge is 0.477 e. The zero-order valence-corrected chi connectivity index (χ0v) is 19.1. The predicted octanol–water partition coefficient (Wildman–Crippen LogP) is 2.92. The smallest absolute Gasteiger partial charge is 0.347 e. The Morgan fingerprint density at radius 1 is 1.33 bits per heavy atom. The number of hydrogen-bond acceptors (Lipinski definition) is 7. The number of thiazole rings is 1. The van der Waals surface area contributed by atoms with Gasteiger partial charge in [0.1, 0.15) is 15.7 Å². The Kier molecular flexibility index (Phi) is 7.49. The highest BCUT2D eigenvalue weighted by Gasteiger charge is 2.33. The second-order valence-electron chi connectivity index (χ2n) is 7.57. The van der Waals surface area contributed by atoms with E-state index in [0.717, 1.165) is 31.4 Å². The molecular weight excluding hydrogens is 426 g/mol. The van der Waals surface area contributed by atoms with Crippen molar-refractivity contribution in [3.8, 4) is 0 Å². The number of anilines is 1. The Morgan fingerprint density at radius 2 is 2.10 bits per heavy atom. The average molecular weight is 454 g/mol. The van der Waals surface area contributed by atoms with E-state index < -0.39 is 5.97 Å². The van der Waals surface area contributed by atoms with Crippen molar-refractivity contribution >= 4 is 45.7 Å². The average Bonchev–Trinajstić information content (AvgIpc) is 3.29. The quantitative estimate of drug-likeness (QED) is 0.522. The Morgan fingerprint density at radius 3 is 2.70 bits per heavy atom. The zero-order valence-electron chi connectivity index (χ0n) is 17.5. The first-order chi connectivity index (χ1) is 14.3. The van der Waals surface area contributed by atoms with E-state index in [9.17, 15) is 14.7 Å². The third-order valence-corrected chi connectivity index (χ3v) is 6.99. The number of carbonyl (C=O) groups is 2. The molecule has 10 heteroatoms. The van der Waals surface area contributed by atoms with E-state index in [1.165, 1.54) is 11.3 Å². The second-order valence-corrected chi connectivity index (χ2v) is 8.91. The number of aryl methyl sites for hydroxylation is 1. The van der Waals surface area contributed by atoms with Gasteiger partial charge in [-0.25, -0.2) is 14.8 Å². The molecule has 0 aliphatic carbocycles. The molecular formula is C20H28ClN5O3S. The fraction of sp³-hybridized carbons (Fsp3) is 0.600. The first kappa shape index (κ1) is 22.7. The van der Waals surface area contributed by atoms with Crippen molar-refractivity contribution in [2.45, 2.75) is 58.5 Å². The highest BCUT2D eigenvalue weighted by molar-refractivity contribution is 7.17. The summed E-state index contributed by atoms with van der Waals surface area (Å²) in [5.74, 6) is -1.12. The molecule has 1 aromatic rings. The van der Waals surface area contributed by atoms with Gasteiger partial charge in [0.15, 0.2) is 5.13 Å². The Balaban J connectivity index is 1.68. The molecule has 0 spiro atoms. The van der Waals surface area contributed by atoms with Crippen LogP contribution in [0.15, 0.2) is 15.7 Å². The summed E-state index contributed by atoms with van der Waals surface area (Å²) >= 11 is 7.33. The van der Waals surface area contributed by atoms with Crippen molar-refractivity contribution < 1.29 is 14.7 Å². The van der Waals surface area contributed by atoms with Crippen molar-refractivity contribution in [1.82, 2.24) is 15.6 Å². The first-order valence-corrected chi connectivity index (χ1v) is 11.5. The summed E-state index contributed by atoms with van der Waals surface area (Å²) < 4.78 is 0. The van der Waals surface area contributed by atoms with Crippen LogP contribution in [0.2, 0.25) is 0 Å². The normalized spacial score (nSPS) is 21.7. The van der Waals surface area contributed by atoms with Gasteiger partial charge in [-0.3, -0.25) is 4.79 Å². The molecule has 3 N–H and O–H groups in total. The Hall–Kier alpha value is -1.97. The third kappa shape index (κ3) is 5.01. The predicted molar refractivity (Wildman–Crippen MR) is 120 cm³/mol. The van der Waals surface area contributed by atoms with Gasteiger partial charge in [-0.2, -0.15) is 0 Å². The van der Waals surface area contributed by atoms with Crippen molar-refractivity contribution in [3.05, 3.63) is 21.3 Å². The van der Waals surface area contributed by atoms with E-state index in [0.29, 0.717) is 41.2 Å². The molecule has 3 heterocycles. The van der Waals surface area contributed by atoms with Gasteiger partial charge < -0.3 is 20.6 Å². The van der Waals surface area contributed by atoms with Crippen molar-refractivity contribution in [2.75, 3.05) is 24.5 Å². The molecule has 2 aliphatic heterocycles. The molecule has 1 fully saturated rings.